The zero-order chi connectivity index (χ0) is 17.3. The molecule has 1 spiro atoms. The molecule has 24 heavy (non-hydrogen) atoms. The first kappa shape index (κ1) is 17.2. The third kappa shape index (κ3) is 2.80. The van der Waals surface area contributed by atoms with Crippen molar-refractivity contribution in [3.8, 4) is 0 Å². The van der Waals surface area contributed by atoms with Gasteiger partial charge in [-0.15, -0.1) is 0 Å². The zero-order valence-electron chi connectivity index (χ0n) is 14.4. The van der Waals surface area contributed by atoms with Gasteiger partial charge in [-0.2, -0.15) is 0 Å². The van der Waals surface area contributed by atoms with Crippen LogP contribution in [0.1, 0.15) is 51.4 Å². The third-order valence-corrected chi connectivity index (χ3v) is 6.38. The van der Waals surface area contributed by atoms with Crippen molar-refractivity contribution in [1.29, 1.82) is 0 Å². The van der Waals surface area contributed by atoms with Gasteiger partial charge in [0.05, 0.1) is 20.1 Å². The molecule has 0 unspecified atom stereocenters. The zero-order valence-corrected chi connectivity index (χ0v) is 14.4. The van der Waals surface area contributed by atoms with Crippen LogP contribution in [0.5, 0.6) is 0 Å². The van der Waals surface area contributed by atoms with E-state index in [9.17, 15) is 14.4 Å². The highest BCUT2D eigenvalue weighted by atomic mass is 16.7. The average Bonchev–Trinajstić information content (AvgIpc) is 2.78. The predicted octanol–water partition coefficient (Wildman–Crippen LogP) is 2.88. The molecule has 0 aromatic heterocycles. The Morgan fingerprint density at radius 3 is 2.54 bits per heavy atom. The molecule has 0 radical (unpaired) electrons. The molecule has 3 rings (SSSR count). The number of ether oxygens (including phenoxy) is 3. The molecule has 5 atom stereocenters. The van der Waals surface area contributed by atoms with E-state index in [4.69, 9.17) is 9.47 Å². The van der Waals surface area contributed by atoms with Gasteiger partial charge in [-0.05, 0) is 38.5 Å². The first-order valence-electron chi connectivity index (χ1n) is 8.88. The van der Waals surface area contributed by atoms with Crippen molar-refractivity contribution in [2.24, 2.45) is 23.2 Å². The van der Waals surface area contributed by atoms with Crippen molar-refractivity contribution in [2.45, 2.75) is 57.5 Å². The Labute approximate surface area is 142 Å². The van der Waals surface area contributed by atoms with Crippen LogP contribution >= 0.6 is 0 Å². The predicted molar refractivity (Wildman–Crippen MR) is 84.1 cm³/mol. The first-order valence-corrected chi connectivity index (χ1v) is 8.88. The fourth-order valence-corrected chi connectivity index (χ4v) is 5.27. The molecule has 0 aromatic carbocycles. The fraction of sp³-hybridized carbons (Fsp3) is 0.833. The van der Waals surface area contributed by atoms with E-state index in [1.165, 1.54) is 14.2 Å². The van der Waals surface area contributed by atoms with Crippen molar-refractivity contribution >= 4 is 17.9 Å². The Bertz CT molecular complexity index is 530. The topological polar surface area (TPSA) is 78.9 Å². The molecule has 0 saturated heterocycles. The molecule has 0 aliphatic heterocycles. The van der Waals surface area contributed by atoms with Crippen molar-refractivity contribution in [2.75, 3.05) is 14.2 Å². The lowest BCUT2D eigenvalue weighted by Crippen LogP contribution is -2.40. The van der Waals surface area contributed by atoms with Gasteiger partial charge in [-0.25, -0.2) is 4.79 Å². The number of methoxy groups -OCH3 is 2. The highest BCUT2D eigenvalue weighted by Gasteiger charge is 2.59. The average molecular weight is 338 g/mol. The van der Waals surface area contributed by atoms with Gasteiger partial charge in [-0.3, -0.25) is 9.59 Å². The van der Waals surface area contributed by atoms with Crippen molar-refractivity contribution in [3.63, 3.8) is 0 Å². The summed E-state index contributed by atoms with van der Waals surface area (Å²) in [5, 5.41) is 0. The van der Waals surface area contributed by atoms with Gasteiger partial charge < -0.3 is 14.2 Å². The standard InChI is InChI=1S/C18H26O6/c1-22-16(20)12-9-11-5-3-4-7-18(15(11)19)8-6-14(13(18)10-12)24-17(21)23-2/h11-14H,3-10H2,1-2H3/t11-,12-,13-,14+,18+/m1/s1. The summed E-state index contributed by atoms with van der Waals surface area (Å²) in [6.45, 7) is 0. The minimum atomic E-state index is -0.714. The van der Waals surface area contributed by atoms with Crippen LogP contribution in [0.3, 0.4) is 0 Å². The van der Waals surface area contributed by atoms with E-state index < -0.39 is 11.6 Å². The van der Waals surface area contributed by atoms with Crippen LogP contribution < -0.4 is 0 Å². The van der Waals surface area contributed by atoms with Crippen molar-refractivity contribution in [1.82, 2.24) is 0 Å². The molecule has 0 amide bonds. The van der Waals surface area contributed by atoms with Gasteiger partial charge in [-0.1, -0.05) is 12.8 Å². The van der Waals surface area contributed by atoms with Crippen molar-refractivity contribution in [3.05, 3.63) is 0 Å². The highest BCUT2D eigenvalue weighted by Crippen LogP contribution is 2.57. The maximum Gasteiger partial charge on any atom is 0.508 e. The molecule has 6 heteroatoms. The number of carbonyl (C=O) groups is 3. The summed E-state index contributed by atoms with van der Waals surface area (Å²) in [6.07, 6.45) is 5.16. The molecular formula is C18H26O6. The molecule has 2 bridgehead atoms. The molecule has 0 aromatic rings. The van der Waals surface area contributed by atoms with Gasteiger partial charge >= 0.3 is 12.1 Å². The molecule has 0 N–H and O–H groups in total. The summed E-state index contributed by atoms with van der Waals surface area (Å²) >= 11 is 0. The number of Topliss-reactive ketones (excluding diaryl/α,β-unsaturated/α-hetero) is 1. The minimum Gasteiger partial charge on any atom is -0.469 e. The lowest BCUT2D eigenvalue weighted by Gasteiger charge is -2.34. The van der Waals surface area contributed by atoms with Crippen LogP contribution in [0, 0.1) is 23.2 Å². The van der Waals surface area contributed by atoms with Gasteiger partial charge in [0.2, 0.25) is 0 Å². The molecule has 3 aliphatic carbocycles. The van der Waals surface area contributed by atoms with E-state index in [-0.39, 0.29) is 35.6 Å². The molecular weight excluding hydrogens is 312 g/mol. The largest absolute Gasteiger partial charge is 0.508 e. The van der Waals surface area contributed by atoms with Gasteiger partial charge in [0.15, 0.2) is 0 Å². The number of carbonyl (C=O) groups excluding carboxylic acids is 3. The number of hydrogen-bond acceptors (Lipinski definition) is 6. The maximum atomic E-state index is 13.3. The summed E-state index contributed by atoms with van der Waals surface area (Å²) in [5.74, 6) is -0.453. The Hall–Kier alpha value is -1.59. The van der Waals surface area contributed by atoms with E-state index in [1.54, 1.807) is 0 Å². The van der Waals surface area contributed by atoms with Crippen LogP contribution in [0.25, 0.3) is 0 Å². The van der Waals surface area contributed by atoms with E-state index in [0.717, 1.165) is 32.1 Å². The second-order valence-electron chi connectivity index (χ2n) is 7.41. The number of esters is 1. The molecule has 3 aliphatic rings. The fourth-order valence-electron chi connectivity index (χ4n) is 5.27. The summed E-state index contributed by atoms with van der Waals surface area (Å²) in [6, 6.07) is 0. The lowest BCUT2D eigenvalue weighted by atomic mass is 9.69. The first-order chi connectivity index (χ1) is 11.5. The van der Waals surface area contributed by atoms with Crippen LogP contribution in [0.2, 0.25) is 0 Å². The molecule has 0 heterocycles. The van der Waals surface area contributed by atoms with E-state index in [0.29, 0.717) is 19.3 Å². The van der Waals surface area contributed by atoms with Crippen LogP contribution in [-0.2, 0) is 23.8 Å². The van der Waals surface area contributed by atoms with Crippen LogP contribution in [0.4, 0.5) is 4.79 Å². The van der Waals surface area contributed by atoms with Crippen molar-refractivity contribution < 1.29 is 28.6 Å². The smallest absolute Gasteiger partial charge is 0.469 e. The minimum absolute atomic E-state index is 0.0709. The Morgan fingerprint density at radius 2 is 1.83 bits per heavy atom. The van der Waals surface area contributed by atoms with E-state index in [1.807, 2.05) is 0 Å². The summed E-state index contributed by atoms with van der Waals surface area (Å²) in [7, 11) is 2.67. The second kappa shape index (κ2) is 6.73. The van der Waals surface area contributed by atoms with Crippen LogP contribution in [-0.4, -0.2) is 38.2 Å². The Balaban J connectivity index is 1.94. The number of fused-ring (bicyclic) bond motifs is 1. The monoisotopic (exact) mass is 338 g/mol. The van der Waals surface area contributed by atoms with E-state index >= 15 is 0 Å². The Morgan fingerprint density at radius 1 is 1.04 bits per heavy atom. The third-order valence-electron chi connectivity index (χ3n) is 6.38. The highest BCUT2D eigenvalue weighted by molar-refractivity contribution is 5.89. The van der Waals surface area contributed by atoms with Gasteiger partial charge in [0, 0.05) is 17.3 Å². The van der Waals surface area contributed by atoms with Gasteiger partial charge in [0.25, 0.3) is 0 Å². The number of rotatable bonds is 2. The lowest BCUT2D eigenvalue weighted by molar-refractivity contribution is -0.147. The number of ketones is 1. The molecule has 134 valence electrons. The SMILES string of the molecule is COC(=O)O[C@H]1CC[C@@]23CCCC[C@H](C[C@@H](C(=O)OC)C[C@H]12)C3=O. The maximum absolute atomic E-state index is 13.3. The molecule has 6 nitrogen and oxygen atoms in total. The number of hydrogen-bond donors (Lipinski definition) is 0. The molecule has 3 saturated carbocycles. The molecule has 3 fully saturated rings. The summed E-state index contributed by atoms with van der Waals surface area (Å²) < 4.78 is 15.1. The Kier molecular flexibility index (Phi) is 4.83. The normalized spacial score (nSPS) is 38.5. The summed E-state index contributed by atoms with van der Waals surface area (Å²) in [4.78, 5) is 37.1. The van der Waals surface area contributed by atoms with Crippen LogP contribution in [0.15, 0.2) is 0 Å². The van der Waals surface area contributed by atoms with E-state index in [2.05, 4.69) is 4.74 Å². The second-order valence-corrected chi connectivity index (χ2v) is 7.41. The summed E-state index contributed by atoms with van der Waals surface area (Å²) in [5.41, 5.74) is -0.442. The quantitative estimate of drug-likeness (QED) is 0.720. The van der Waals surface area contributed by atoms with Gasteiger partial charge in [0.1, 0.15) is 11.9 Å².